The molecule has 6 nitrogen and oxygen atoms in total. The topological polar surface area (TPSA) is 85.8 Å². The average molecular weight is 271 g/mol. The Balaban J connectivity index is 1.65. The second kappa shape index (κ2) is 5.42. The predicted molar refractivity (Wildman–Crippen MR) is 75.3 cm³/mol. The molecule has 3 N–H and O–H groups in total. The van der Waals surface area contributed by atoms with Crippen molar-refractivity contribution in [3.05, 3.63) is 36.8 Å². The largest absolute Gasteiger partial charge is 0.328 e. The van der Waals surface area contributed by atoms with Crippen molar-refractivity contribution < 1.29 is 4.79 Å². The van der Waals surface area contributed by atoms with Crippen molar-refractivity contribution in [3.63, 3.8) is 0 Å². The first-order chi connectivity index (χ1) is 9.72. The summed E-state index contributed by atoms with van der Waals surface area (Å²) >= 11 is 0. The Labute approximate surface area is 117 Å². The number of nitrogens with zero attached hydrogens (tertiary/aromatic N) is 3. The Hall–Kier alpha value is -2.21. The highest BCUT2D eigenvalue weighted by atomic mass is 16.1. The molecule has 1 fully saturated rings. The van der Waals surface area contributed by atoms with Crippen LogP contribution in [0.2, 0.25) is 0 Å². The van der Waals surface area contributed by atoms with Gasteiger partial charge in [0.2, 0.25) is 5.91 Å². The Bertz CT molecular complexity index is 578. The van der Waals surface area contributed by atoms with Crippen LogP contribution in [0.5, 0.6) is 0 Å². The normalized spacial score (nSPS) is 21.9. The number of hydrogen-bond donors (Lipinski definition) is 2. The van der Waals surface area contributed by atoms with Crippen LogP contribution < -0.4 is 11.1 Å². The van der Waals surface area contributed by atoms with Crippen LogP contribution >= 0.6 is 0 Å². The van der Waals surface area contributed by atoms with E-state index in [4.69, 9.17) is 5.73 Å². The van der Waals surface area contributed by atoms with Crippen LogP contribution in [0.25, 0.3) is 5.82 Å². The van der Waals surface area contributed by atoms with Gasteiger partial charge in [-0.15, -0.1) is 0 Å². The average Bonchev–Trinajstić information content (AvgIpc) is 3.10. The van der Waals surface area contributed by atoms with Gasteiger partial charge >= 0.3 is 0 Å². The molecule has 2 aromatic heterocycles. The first kappa shape index (κ1) is 12.8. The van der Waals surface area contributed by atoms with Crippen LogP contribution in [0, 0.1) is 5.92 Å². The lowest BCUT2D eigenvalue weighted by Crippen LogP contribution is -2.23. The minimum atomic E-state index is 0.0239. The van der Waals surface area contributed by atoms with E-state index in [-0.39, 0.29) is 17.9 Å². The number of rotatable bonds is 3. The van der Waals surface area contributed by atoms with Gasteiger partial charge in [0.05, 0.1) is 11.9 Å². The van der Waals surface area contributed by atoms with Gasteiger partial charge in [-0.1, -0.05) is 0 Å². The van der Waals surface area contributed by atoms with Crippen LogP contribution in [0.3, 0.4) is 0 Å². The summed E-state index contributed by atoms with van der Waals surface area (Å²) in [4.78, 5) is 16.3. The Morgan fingerprint density at radius 1 is 1.40 bits per heavy atom. The van der Waals surface area contributed by atoms with Gasteiger partial charge in [-0.05, 0) is 37.5 Å². The molecule has 0 radical (unpaired) electrons. The molecule has 0 bridgehead atoms. The Morgan fingerprint density at radius 2 is 2.30 bits per heavy atom. The van der Waals surface area contributed by atoms with Crippen molar-refractivity contribution in [2.24, 2.45) is 11.7 Å². The van der Waals surface area contributed by atoms with Gasteiger partial charge in [0.1, 0.15) is 0 Å². The minimum absolute atomic E-state index is 0.0239. The molecule has 2 aromatic rings. The fraction of sp³-hybridized carbons (Fsp3) is 0.357. The number of carbonyl (C=O) groups excluding carboxylic acids is 1. The van der Waals surface area contributed by atoms with Crippen molar-refractivity contribution >= 4 is 11.6 Å². The number of hydrogen-bond acceptors (Lipinski definition) is 4. The Kier molecular flexibility index (Phi) is 3.47. The molecule has 104 valence electrons. The molecule has 1 aliphatic rings. The van der Waals surface area contributed by atoms with Gasteiger partial charge in [-0.2, -0.15) is 5.10 Å². The lowest BCUT2D eigenvalue weighted by atomic mass is 10.1. The van der Waals surface area contributed by atoms with Gasteiger partial charge in [0.25, 0.3) is 0 Å². The molecule has 6 heteroatoms. The quantitative estimate of drug-likeness (QED) is 0.882. The highest BCUT2D eigenvalue weighted by Crippen LogP contribution is 2.25. The summed E-state index contributed by atoms with van der Waals surface area (Å²) in [5.74, 6) is 0.776. The molecule has 1 amide bonds. The summed E-state index contributed by atoms with van der Waals surface area (Å²) in [5.41, 5.74) is 6.53. The van der Waals surface area contributed by atoms with Gasteiger partial charge in [0.15, 0.2) is 5.82 Å². The van der Waals surface area contributed by atoms with Crippen molar-refractivity contribution in [2.45, 2.75) is 25.3 Å². The third kappa shape index (κ3) is 2.70. The molecular weight excluding hydrogens is 254 g/mol. The first-order valence-corrected chi connectivity index (χ1v) is 6.75. The number of aromatic nitrogens is 3. The lowest BCUT2D eigenvalue weighted by molar-refractivity contribution is -0.119. The van der Waals surface area contributed by atoms with Gasteiger partial charge in [-0.25, -0.2) is 9.67 Å². The third-order valence-corrected chi connectivity index (χ3v) is 3.60. The summed E-state index contributed by atoms with van der Waals surface area (Å²) in [5, 5.41) is 6.99. The first-order valence-electron chi connectivity index (χ1n) is 6.75. The molecular formula is C14H17N5O. The number of nitrogens with two attached hydrogens (primary N) is 1. The van der Waals surface area contributed by atoms with Crippen LogP contribution in [0.1, 0.15) is 19.3 Å². The van der Waals surface area contributed by atoms with Crippen LogP contribution in [0.4, 0.5) is 5.69 Å². The summed E-state index contributed by atoms with van der Waals surface area (Å²) in [6.07, 6.45) is 7.72. The lowest BCUT2D eigenvalue weighted by Gasteiger charge is -2.10. The SMILES string of the molecule is NC1CCC(C(=O)Nc2ccc(-n3cccn3)nc2)C1. The number of anilines is 1. The molecule has 2 unspecified atom stereocenters. The predicted octanol–water partition coefficient (Wildman–Crippen LogP) is 1.33. The maximum absolute atomic E-state index is 12.1. The number of pyridine rings is 1. The summed E-state index contributed by atoms with van der Waals surface area (Å²) in [6, 6.07) is 5.64. The fourth-order valence-electron chi connectivity index (χ4n) is 2.50. The molecule has 1 aliphatic carbocycles. The zero-order valence-corrected chi connectivity index (χ0v) is 11.1. The maximum atomic E-state index is 12.1. The smallest absolute Gasteiger partial charge is 0.227 e. The van der Waals surface area contributed by atoms with E-state index < -0.39 is 0 Å². The standard InChI is InChI=1S/C14H17N5O/c15-11-3-2-10(8-11)14(20)18-12-4-5-13(16-9-12)19-7-1-6-17-19/h1,4-7,9-11H,2-3,8,15H2,(H,18,20). The van der Waals surface area contributed by atoms with Gasteiger partial charge in [-0.3, -0.25) is 4.79 Å². The van der Waals surface area contributed by atoms with E-state index in [9.17, 15) is 4.79 Å². The van der Waals surface area contributed by atoms with Gasteiger partial charge in [0, 0.05) is 24.4 Å². The monoisotopic (exact) mass is 271 g/mol. The minimum Gasteiger partial charge on any atom is -0.328 e. The van der Waals surface area contributed by atoms with E-state index in [2.05, 4.69) is 15.4 Å². The van der Waals surface area contributed by atoms with Crippen LogP contribution in [-0.4, -0.2) is 26.7 Å². The van der Waals surface area contributed by atoms with E-state index in [1.165, 1.54) is 0 Å². The van der Waals surface area contributed by atoms with Crippen molar-refractivity contribution in [1.82, 2.24) is 14.8 Å². The van der Waals surface area contributed by atoms with Crippen LogP contribution in [-0.2, 0) is 4.79 Å². The molecule has 0 aliphatic heterocycles. The van der Waals surface area contributed by atoms with Crippen molar-refractivity contribution in [3.8, 4) is 5.82 Å². The number of amides is 1. The fourth-order valence-corrected chi connectivity index (χ4v) is 2.50. The van der Waals surface area contributed by atoms with Crippen LogP contribution in [0.15, 0.2) is 36.8 Å². The molecule has 3 rings (SSSR count). The summed E-state index contributed by atoms with van der Waals surface area (Å²) < 4.78 is 1.67. The molecule has 0 spiro atoms. The number of carbonyl (C=O) groups is 1. The third-order valence-electron chi connectivity index (χ3n) is 3.60. The summed E-state index contributed by atoms with van der Waals surface area (Å²) in [7, 11) is 0. The van der Waals surface area contributed by atoms with E-state index in [0.717, 1.165) is 25.1 Å². The number of nitrogens with one attached hydrogen (secondary N) is 1. The molecule has 2 atom stereocenters. The maximum Gasteiger partial charge on any atom is 0.227 e. The zero-order chi connectivity index (χ0) is 13.9. The second-order valence-corrected chi connectivity index (χ2v) is 5.12. The second-order valence-electron chi connectivity index (χ2n) is 5.12. The van der Waals surface area contributed by atoms with Crippen molar-refractivity contribution in [2.75, 3.05) is 5.32 Å². The van der Waals surface area contributed by atoms with E-state index in [1.54, 1.807) is 17.1 Å². The molecule has 1 saturated carbocycles. The molecule has 2 heterocycles. The highest BCUT2D eigenvalue weighted by Gasteiger charge is 2.27. The van der Waals surface area contributed by atoms with Crippen molar-refractivity contribution in [1.29, 1.82) is 0 Å². The molecule has 20 heavy (non-hydrogen) atoms. The van der Waals surface area contributed by atoms with Gasteiger partial charge < -0.3 is 11.1 Å². The highest BCUT2D eigenvalue weighted by molar-refractivity contribution is 5.92. The van der Waals surface area contributed by atoms with E-state index in [0.29, 0.717) is 5.69 Å². The summed E-state index contributed by atoms with van der Waals surface area (Å²) in [6.45, 7) is 0. The van der Waals surface area contributed by atoms with E-state index in [1.807, 2.05) is 24.4 Å². The Morgan fingerprint density at radius 3 is 2.90 bits per heavy atom. The van der Waals surface area contributed by atoms with E-state index >= 15 is 0 Å². The molecule has 0 aromatic carbocycles. The zero-order valence-electron chi connectivity index (χ0n) is 11.1. The molecule has 0 saturated heterocycles.